The lowest BCUT2D eigenvalue weighted by atomic mass is 10.1. The van der Waals surface area contributed by atoms with Gasteiger partial charge in [-0.2, -0.15) is 11.8 Å². The highest BCUT2D eigenvalue weighted by Gasteiger charge is 2.02. The maximum absolute atomic E-state index is 13.0. The van der Waals surface area contributed by atoms with Crippen LogP contribution in [0.5, 0.6) is 0 Å². The number of aliphatic hydroxyl groups is 2. The summed E-state index contributed by atoms with van der Waals surface area (Å²) >= 11 is 1.56. The van der Waals surface area contributed by atoms with Gasteiger partial charge in [0.1, 0.15) is 12.4 Å². The van der Waals surface area contributed by atoms with Crippen molar-refractivity contribution in [3.63, 3.8) is 0 Å². The van der Waals surface area contributed by atoms with Gasteiger partial charge in [0.05, 0.1) is 6.61 Å². The maximum atomic E-state index is 13.0. The Morgan fingerprint density at radius 2 is 2.12 bits per heavy atom. The van der Waals surface area contributed by atoms with E-state index in [-0.39, 0.29) is 19.0 Å². The van der Waals surface area contributed by atoms with Gasteiger partial charge in [0, 0.05) is 17.1 Å². The monoisotopic (exact) mass is 240 g/mol. The van der Waals surface area contributed by atoms with Crippen LogP contribution in [0.1, 0.15) is 11.1 Å². The Morgan fingerprint density at radius 3 is 2.81 bits per heavy atom. The number of benzene rings is 1. The zero-order chi connectivity index (χ0) is 11.8. The summed E-state index contributed by atoms with van der Waals surface area (Å²) in [4.78, 5) is 0. The molecule has 0 aliphatic heterocycles. The molecule has 0 saturated heterocycles. The molecule has 0 amide bonds. The predicted octanol–water partition coefficient (Wildman–Crippen LogP) is 1.39. The quantitative estimate of drug-likeness (QED) is 0.617. The fraction of sp³-hybridized carbons (Fsp3) is 0.333. The SMILES string of the molecule is OCC#Cc1cc(F)ccc1CSCCO. The number of hydrogen-bond donors (Lipinski definition) is 2. The van der Waals surface area contributed by atoms with Crippen LogP contribution in [0.15, 0.2) is 18.2 Å². The van der Waals surface area contributed by atoms with E-state index in [9.17, 15) is 4.39 Å². The van der Waals surface area contributed by atoms with E-state index in [0.29, 0.717) is 17.1 Å². The third-order valence-corrected chi connectivity index (χ3v) is 2.85. The number of halogens is 1. The molecule has 4 heteroatoms. The summed E-state index contributed by atoms with van der Waals surface area (Å²) in [5.41, 5.74) is 1.51. The van der Waals surface area contributed by atoms with Crippen LogP contribution >= 0.6 is 11.8 Å². The van der Waals surface area contributed by atoms with Gasteiger partial charge in [0.15, 0.2) is 0 Å². The molecule has 0 saturated carbocycles. The summed E-state index contributed by atoms with van der Waals surface area (Å²) in [5.74, 6) is 6.20. The Hall–Kier alpha value is -1.02. The fourth-order valence-electron chi connectivity index (χ4n) is 1.17. The zero-order valence-corrected chi connectivity index (χ0v) is 9.56. The molecule has 16 heavy (non-hydrogen) atoms. The van der Waals surface area contributed by atoms with Gasteiger partial charge in [-0.3, -0.25) is 0 Å². The molecule has 0 aliphatic rings. The minimum atomic E-state index is -0.335. The molecule has 0 aliphatic carbocycles. The largest absolute Gasteiger partial charge is 0.396 e. The normalized spacial score (nSPS) is 9.69. The van der Waals surface area contributed by atoms with E-state index in [2.05, 4.69) is 11.8 Å². The van der Waals surface area contributed by atoms with Crippen molar-refractivity contribution in [1.82, 2.24) is 0 Å². The molecular weight excluding hydrogens is 227 g/mol. The van der Waals surface area contributed by atoms with Gasteiger partial charge in [-0.1, -0.05) is 17.9 Å². The summed E-state index contributed by atoms with van der Waals surface area (Å²) in [6.45, 7) is -0.108. The number of thioether (sulfide) groups is 1. The first kappa shape index (κ1) is 13.0. The van der Waals surface area contributed by atoms with E-state index in [0.717, 1.165) is 5.56 Å². The number of rotatable bonds is 4. The molecule has 1 aromatic carbocycles. The summed E-state index contributed by atoms with van der Waals surface area (Å²) < 4.78 is 13.0. The Morgan fingerprint density at radius 1 is 1.31 bits per heavy atom. The van der Waals surface area contributed by atoms with E-state index < -0.39 is 0 Å². The van der Waals surface area contributed by atoms with Gasteiger partial charge < -0.3 is 10.2 Å². The molecule has 2 nitrogen and oxygen atoms in total. The minimum absolute atomic E-state index is 0.128. The Labute approximate surface area is 98.5 Å². The second-order valence-electron chi connectivity index (χ2n) is 3.04. The molecular formula is C12H13FO2S. The second-order valence-corrected chi connectivity index (χ2v) is 4.14. The lowest BCUT2D eigenvalue weighted by Crippen LogP contribution is -1.92. The van der Waals surface area contributed by atoms with E-state index in [1.807, 2.05) is 0 Å². The van der Waals surface area contributed by atoms with E-state index >= 15 is 0 Å². The Kier molecular flexibility index (Phi) is 5.94. The van der Waals surface area contributed by atoms with Gasteiger partial charge in [0.2, 0.25) is 0 Å². The summed E-state index contributed by atoms with van der Waals surface area (Å²) in [7, 11) is 0. The van der Waals surface area contributed by atoms with Crippen molar-refractivity contribution >= 4 is 11.8 Å². The van der Waals surface area contributed by atoms with Crippen LogP contribution in [0.4, 0.5) is 4.39 Å². The highest BCUT2D eigenvalue weighted by atomic mass is 32.2. The molecule has 0 unspecified atom stereocenters. The first-order valence-electron chi connectivity index (χ1n) is 4.84. The van der Waals surface area contributed by atoms with Crippen molar-refractivity contribution in [3.8, 4) is 11.8 Å². The molecule has 2 N–H and O–H groups in total. The smallest absolute Gasteiger partial charge is 0.124 e. The average molecular weight is 240 g/mol. The molecule has 1 rings (SSSR count). The highest BCUT2D eigenvalue weighted by molar-refractivity contribution is 7.98. The van der Waals surface area contributed by atoms with Gasteiger partial charge in [0.25, 0.3) is 0 Å². The molecule has 0 heterocycles. The van der Waals surface area contributed by atoms with Gasteiger partial charge in [-0.15, -0.1) is 0 Å². The van der Waals surface area contributed by atoms with Crippen LogP contribution in [0.25, 0.3) is 0 Å². The maximum Gasteiger partial charge on any atom is 0.124 e. The first-order valence-corrected chi connectivity index (χ1v) is 6.00. The van der Waals surface area contributed by atoms with Crippen LogP contribution in [-0.4, -0.2) is 29.2 Å². The van der Waals surface area contributed by atoms with E-state index in [1.54, 1.807) is 17.8 Å². The van der Waals surface area contributed by atoms with Crippen LogP contribution in [0, 0.1) is 17.7 Å². The second kappa shape index (κ2) is 7.29. The van der Waals surface area contributed by atoms with Crippen LogP contribution in [0.2, 0.25) is 0 Å². The topological polar surface area (TPSA) is 40.5 Å². The summed E-state index contributed by atoms with van der Waals surface area (Å²) in [6.07, 6.45) is 0. The van der Waals surface area contributed by atoms with Gasteiger partial charge in [-0.05, 0) is 17.7 Å². The van der Waals surface area contributed by atoms with Gasteiger partial charge >= 0.3 is 0 Å². The number of hydrogen-bond acceptors (Lipinski definition) is 3. The predicted molar refractivity (Wildman–Crippen MR) is 63.6 cm³/mol. The number of aliphatic hydroxyl groups excluding tert-OH is 2. The van der Waals surface area contributed by atoms with E-state index in [1.165, 1.54) is 12.1 Å². The molecule has 0 aromatic heterocycles. The summed E-state index contributed by atoms with van der Waals surface area (Å²) in [5, 5.41) is 17.3. The van der Waals surface area contributed by atoms with Crippen LogP contribution in [0.3, 0.4) is 0 Å². The van der Waals surface area contributed by atoms with Crippen molar-refractivity contribution < 1.29 is 14.6 Å². The molecule has 0 atom stereocenters. The van der Waals surface area contributed by atoms with Crippen molar-refractivity contribution in [1.29, 1.82) is 0 Å². The van der Waals surface area contributed by atoms with Crippen LogP contribution in [-0.2, 0) is 5.75 Å². The third kappa shape index (κ3) is 4.23. The minimum Gasteiger partial charge on any atom is -0.396 e. The molecule has 0 bridgehead atoms. The molecule has 0 fully saturated rings. The standard InChI is InChI=1S/C12H13FO2S/c13-12-4-3-11(9-16-7-6-15)10(8-12)2-1-5-14/h3-4,8,14-15H,5-7,9H2. The Bertz CT molecular complexity index is 396. The molecule has 0 spiro atoms. The molecule has 0 radical (unpaired) electrons. The zero-order valence-electron chi connectivity index (χ0n) is 8.74. The molecule has 86 valence electrons. The summed E-state index contributed by atoms with van der Waals surface area (Å²) in [6, 6.07) is 4.43. The lowest BCUT2D eigenvalue weighted by Gasteiger charge is -2.04. The van der Waals surface area contributed by atoms with Crippen molar-refractivity contribution in [2.45, 2.75) is 5.75 Å². The third-order valence-electron chi connectivity index (χ3n) is 1.87. The van der Waals surface area contributed by atoms with E-state index in [4.69, 9.17) is 10.2 Å². The Balaban J connectivity index is 2.80. The highest BCUT2D eigenvalue weighted by Crippen LogP contribution is 2.17. The average Bonchev–Trinajstić information content (AvgIpc) is 2.29. The molecule has 1 aromatic rings. The van der Waals surface area contributed by atoms with Crippen molar-refractivity contribution in [2.75, 3.05) is 19.0 Å². The van der Waals surface area contributed by atoms with Crippen molar-refractivity contribution in [2.24, 2.45) is 0 Å². The van der Waals surface area contributed by atoms with Gasteiger partial charge in [-0.25, -0.2) is 4.39 Å². The first-order chi connectivity index (χ1) is 7.77. The lowest BCUT2D eigenvalue weighted by molar-refractivity contribution is 0.322. The van der Waals surface area contributed by atoms with Crippen molar-refractivity contribution in [3.05, 3.63) is 35.1 Å². The van der Waals surface area contributed by atoms with Crippen LogP contribution < -0.4 is 0 Å². The fourth-order valence-corrected chi connectivity index (χ4v) is 1.92.